The summed E-state index contributed by atoms with van der Waals surface area (Å²) < 4.78 is 27.9. The molecule has 0 N–H and O–H groups in total. The Hall–Kier alpha value is -1.12. The van der Waals surface area contributed by atoms with Crippen molar-refractivity contribution in [2.75, 3.05) is 32.4 Å². The molecule has 30 heavy (non-hydrogen) atoms. The van der Waals surface area contributed by atoms with E-state index >= 15 is 0 Å². The lowest BCUT2D eigenvalue weighted by molar-refractivity contribution is 0.221. The van der Waals surface area contributed by atoms with Crippen molar-refractivity contribution in [2.45, 2.75) is 45.2 Å². The zero-order chi connectivity index (χ0) is 21.3. The Morgan fingerprint density at radius 2 is 1.80 bits per heavy atom. The molecule has 0 atom stereocenters. The van der Waals surface area contributed by atoms with Gasteiger partial charge in [-0.05, 0) is 51.0 Å². The van der Waals surface area contributed by atoms with Crippen LogP contribution in [0.4, 0.5) is 0 Å². The highest BCUT2D eigenvalue weighted by Crippen LogP contribution is 2.34. The van der Waals surface area contributed by atoms with Crippen LogP contribution in [0.15, 0.2) is 18.2 Å². The van der Waals surface area contributed by atoms with Gasteiger partial charge in [-0.2, -0.15) is 9.40 Å². The molecule has 4 rings (SSSR count). The van der Waals surface area contributed by atoms with Crippen LogP contribution in [0.5, 0.6) is 0 Å². The highest BCUT2D eigenvalue weighted by atomic mass is 35.5. The molecule has 0 saturated carbocycles. The number of hydrogen-bond donors (Lipinski definition) is 0. The molecule has 0 bridgehead atoms. The van der Waals surface area contributed by atoms with Crippen molar-refractivity contribution in [2.24, 2.45) is 0 Å². The summed E-state index contributed by atoms with van der Waals surface area (Å²) in [6, 6.07) is 5.47. The zero-order valence-corrected chi connectivity index (χ0v) is 19.6. The molecule has 0 spiro atoms. The fraction of sp³-hybridized carbons (Fsp3) is 0.571. The van der Waals surface area contributed by atoms with Gasteiger partial charge in [0.05, 0.1) is 22.0 Å². The van der Waals surface area contributed by atoms with E-state index in [1.54, 1.807) is 6.07 Å². The number of fused-ring (bicyclic) bond motifs is 1. The fourth-order valence-corrected chi connectivity index (χ4v) is 5.52. The van der Waals surface area contributed by atoms with E-state index in [-0.39, 0.29) is 0 Å². The van der Waals surface area contributed by atoms with E-state index in [1.165, 1.54) is 42.9 Å². The summed E-state index contributed by atoms with van der Waals surface area (Å²) in [5.41, 5.74) is 3.78. The third-order valence-corrected chi connectivity index (χ3v) is 8.04. The summed E-state index contributed by atoms with van der Waals surface area (Å²) in [6.45, 7) is 5.12. The van der Waals surface area contributed by atoms with E-state index in [4.69, 9.17) is 28.3 Å². The van der Waals surface area contributed by atoms with Gasteiger partial charge in [-0.3, -0.25) is 4.68 Å². The van der Waals surface area contributed by atoms with Gasteiger partial charge in [-0.1, -0.05) is 35.7 Å². The van der Waals surface area contributed by atoms with Crippen molar-refractivity contribution >= 4 is 33.2 Å². The predicted molar refractivity (Wildman–Crippen MR) is 122 cm³/mol. The van der Waals surface area contributed by atoms with Crippen molar-refractivity contribution < 1.29 is 8.42 Å². The summed E-state index contributed by atoms with van der Waals surface area (Å²) >= 11 is 12.3. The molecule has 0 radical (unpaired) electrons. The summed E-state index contributed by atoms with van der Waals surface area (Å²) in [5, 5.41) is 5.87. The molecule has 1 saturated heterocycles. The molecule has 164 valence electrons. The van der Waals surface area contributed by atoms with Crippen LogP contribution in [-0.4, -0.2) is 59.8 Å². The quantitative estimate of drug-likeness (QED) is 0.638. The van der Waals surface area contributed by atoms with E-state index < -0.39 is 10.0 Å². The maximum absolute atomic E-state index is 12.2. The highest BCUT2D eigenvalue weighted by molar-refractivity contribution is 7.88. The average molecular weight is 471 g/mol. The fourth-order valence-electron chi connectivity index (χ4n) is 4.44. The Kier molecular flexibility index (Phi) is 6.75. The Labute approximate surface area is 188 Å². The van der Waals surface area contributed by atoms with Crippen molar-refractivity contribution in [1.29, 1.82) is 0 Å². The minimum atomic E-state index is -3.26. The number of nitrogens with zero attached hydrogens (tertiary/aromatic N) is 4. The van der Waals surface area contributed by atoms with Gasteiger partial charge >= 0.3 is 0 Å². The normalized spacial score (nSPS) is 18.5. The van der Waals surface area contributed by atoms with Crippen LogP contribution >= 0.6 is 23.2 Å². The molecule has 0 unspecified atom stereocenters. The number of aryl methyl sites for hydroxylation is 1. The molecule has 6 nitrogen and oxygen atoms in total. The van der Waals surface area contributed by atoms with Crippen LogP contribution in [-0.2, 0) is 29.5 Å². The topological polar surface area (TPSA) is 58.4 Å². The second-order valence-electron chi connectivity index (χ2n) is 8.23. The molecule has 0 aliphatic carbocycles. The number of likely N-dealkylation sites (tertiary alicyclic amines) is 1. The molecular formula is C21H28Cl2N4O2S. The van der Waals surface area contributed by atoms with Crippen LogP contribution in [0.3, 0.4) is 0 Å². The summed E-state index contributed by atoms with van der Waals surface area (Å²) in [7, 11) is -3.26. The third-order valence-electron chi connectivity index (χ3n) is 6.05. The van der Waals surface area contributed by atoms with Gasteiger partial charge < -0.3 is 4.90 Å². The van der Waals surface area contributed by atoms with Gasteiger partial charge in [0.1, 0.15) is 0 Å². The third kappa shape index (κ3) is 4.86. The monoisotopic (exact) mass is 470 g/mol. The van der Waals surface area contributed by atoms with Gasteiger partial charge in [0.2, 0.25) is 10.0 Å². The predicted octanol–water partition coefficient (Wildman–Crippen LogP) is 4.05. The number of benzene rings is 1. The minimum Gasteiger partial charge on any atom is -0.303 e. The van der Waals surface area contributed by atoms with Crippen LogP contribution in [0.1, 0.15) is 36.9 Å². The molecule has 3 heterocycles. The van der Waals surface area contributed by atoms with E-state index in [0.29, 0.717) is 29.6 Å². The molecule has 0 amide bonds. The first-order chi connectivity index (χ1) is 14.3. The lowest BCUT2D eigenvalue weighted by Gasteiger charge is -2.27. The molecule has 2 aliphatic heterocycles. The van der Waals surface area contributed by atoms with Crippen molar-refractivity contribution in [3.8, 4) is 11.3 Å². The standard InChI is InChI=1S/C21H28Cl2N4O2S/c1-30(28,29)26-13-8-20-17(15-26)21(16-6-7-18(22)19(23)14-16)24-27(20)12-5-11-25-9-3-2-4-10-25/h6-7,14H,2-5,8-13,15H2,1H3. The lowest BCUT2D eigenvalue weighted by Crippen LogP contribution is -2.35. The van der Waals surface area contributed by atoms with Crippen LogP contribution in [0.2, 0.25) is 10.0 Å². The zero-order valence-electron chi connectivity index (χ0n) is 17.3. The molecule has 1 aromatic heterocycles. The Bertz CT molecular complexity index is 1020. The van der Waals surface area contributed by atoms with Gasteiger partial charge in [-0.15, -0.1) is 0 Å². The first-order valence-corrected chi connectivity index (χ1v) is 13.1. The first-order valence-electron chi connectivity index (χ1n) is 10.5. The average Bonchev–Trinajstić information content (AvgIpc) is 3.08. The Morgan fingerprint density at radius 1 is 1.03 bits per heavy atom. The number of piperidine rings is 1. The minimum absolute atomic E-state index is 0.343. The second-order valence-corrected chi connectivity index (χ2v) is 11.0. The molecule has 2 aromatic rings. The largest absolute Gasteiger partial charge is 0.303 e. The SMILES string of the molecule is CS(=O)(=O)N1CCc2c(c(-c3ccc(Cl)c(Cl)c3)nn2CCCN2CCCCC2)C1. The second kappa shape index (κ2) is 9.17. The maximum atomic E-state index is 12.2. The lowest BCUT2D eigenvalue weighted by atomic mass is 10.0. The van der Waals surface area contributed by atoms with Crippen molar-refractivity contribution in [1.82, 2.24) is 19.0 Å². The van der Waals surface area contributed by atoms with Gasteiger partial charge in [0, 0.05) is 42.9 Å². The van der Waals surface area contributed by atoms with Crippen molar-refractivity contribution in [3.05, 3.63) is 39.5 Å². The van der Waals surface area contributed by atoms with Gasteiger partial charge in [0.25, 0.3) is 0 Å². The molecule has 2 aliphatic rings. The Balaban J connectivity index is 1.61. The van der Waals surface area contributed by atoms with Crippen molar-refractivity contribution in [3.63, 3.8) is 0 Å². The first kappa shape index (κ1) is 22.1. The van der Waals surface area contributed by atoms with E-state index in [2.05, 4.69) is 9.58 Å². The molecular weight excluding hydrogens is 443 g/mol. The maximum Gasteiger partial charge on any atom is 0.211 e. The molecule has 1 fully saturated rings. The van der Waals surface area contributed by atoms with Crippen LogP contribution < -0.4 is 0 Å². The smallest absolute Gasteiger partial charge is 0.211 e. The number of hydrogen-bond acceptors (Lipinski definition) is 4. The number of halogens is 2. The summed E-state index contributed by atoms with van der Waals surface area (Å²) in [6.07, 6.45) is 6.89. The molecule has 9 heteroatoms. The molecule has 1 aromatic carbocycles. The van der Waals surface area contributed by atoms with Gasteiger partial charge in [0.15, 0.2) is 0 Å². The highest BCUT2D eigenvalue weighted by Gasteiger charge is 2.29. The number of aromatic nitrogens is 2. The summed E-state index contributed by atoms with van der Waals surface area (Å²) in [5.74, 6) is 0. The van der Waals surface area contributed by atoms with E-state index in [1.807, 2.05) is 12.1 Å². The van der Waals surface area contributed by atoms with Gasteiger partial charge in [-0.25, -0.2) is 8.42 Å². The van der Waals surface area contributed by atoms with Crippen LogP contribution in [0.25, 0.3) is 11.3 Å². The number of rotatable bonds is 6. The van der Waals surface area contributed by atoms with E-state index in [0.717, 1.165) is 42.0 Å². The Morgan fingerprint density at radius 3 is 2.50 bits per heavy atom. The number of sulfonamides is 1. The summed E-state index contributed by atoms with van der Waals surface area (Å²) in [4.78, 5) is 2.53. The van der Waals surface area contributed by atoms with E-state index in [9.17, 15) is 8.42 Å². The van der Waals surface area contributed by atoms with Crippen LogP contribution in [0, 0.1) is 0 Å².